The number of carbonyl (C=O) groups is 1. The van der Waals surface area contributed by atoms with Crippen molar-refractivity contribution in [3.05, 3.63) is 40.7 Å². The Balaban J connectivity index is 2.23. The van der Waals surface area contributed by atoms with Crippen LogP contribution in [0.4, 0.5) is 0 Å². The van der Waals surface area contributed by atoms with Gasteiger partial charge in [0.15, 0.2) is 0 Å². The van der Waals surface area contributed by atoms with Gasteiger partial charge in [-0.05, 0) is 56.9 Å². The summed E-state index contributed by atoms with van der Waals surface area (Å²) in [5.74, 6) is 0.490. The zero-order valence-electron chi connectivity index (χ0n) is 13.6. The fourth-order valence-electron chi connectivity index (χ4n) is 3.42. The second-order valence-electron chi connectivity index (χ2n) is 6.07. The molecule has 2 N–H and O–H groups in total. The molecule has 0 spiro atoms. The number of nitrogens with zero attached hydrogens (tertiary/aromatic N) is 1. The molecule has 0 saturated heterocycles. The van der Waals surface area contributed by atoms with Gasteiger partial charge < -0.3 is 15.0 Å². The van der Waals surface area contributed by atoms with E-state index in [1.807, 2.05) is 26.0 Å². The molecule has 2 aromatic rings. The molecule has 1 amide bonds. The van der Waals surface area contributed by atoms with Gasteiger partial charge in [0.1, 0.15) is 5.75 Å². The number of methoxy groups -OCH3 is 1. The molecule has 4 heteroatoms. The molecule has 4 nitrogen and oxygen atoms in total. The van der Waals surface area contributed by atoms with E-state index < -0.39 is 0 Å². The van der Waals surface area contributed by atoms with Crippen LogP contribution in [0, 0.1) is 20.8 Å². The van der Waals surface area contributed by atoms with E-state index in [0.29, 0.717) is 11.6 Å². The predicted octanol–water partition coefficient (Wildman–Crippen LogP) is 3.52. The Hall–Kier alpha value is -2.23. The summed E-state index contributed by atoms with van der Waals surface area (Å²) >= 11 is 0. The molecule has 0 radical (unpaired) electrons. The molecule has 0 atom stereocenters. The summed E-state index contributed by atoms with van der Waals surface area (Å²) in [5.41, 5.74) is 11.5. The number of benzene rings is 1. The Morgan fingerprint density at radius 1 is 1.23 bits per heavy atom. The van der Waals surface area contributed by atoms with Gasteiger partial charge in [-0.2, -0.15) is 0 Å². The van der Waals surface area contributed by atoms with Crippen LogP contribution in [0.25, 0.3) is 11.1 Å². The third kappa shape index (κ3) is 2.19. The van der Waals surface area contributed by atoms with Crippen LogP contribution in [-0.2, 0) is 0 Å². The molecule has 116 valence electrons. The minimum absolute atomic E-state index is 0.358. The first kappa shape index (κ1) is 14.7. The number of aryl methyl sites for hydroxylation is 1. The topological polar surface area (TPSA) is 57.2 Å². The van der Waals surface area contributed by atoms with E-state index in [2.05, 4.69) is 17.6 Å². The van der Waals surface area contributed by atoms with Crippen LogP contribution < -0.4 is 10.5 Å². The van der Waals surface area contributed by atoms with Gasteiger partial charge in [0.25, 0.3) is 5.91 Å². The van der Waals surface area contributed by atoms with Crippen molar-refractivity contribution >= 4 is 5.91 Å². The summed E-state index contributed by atoms with van der Waals surface area (Å²) in [6.07, 6.45) is 2.35. The minimum atomic E-state index is -0.358. The summed E-state index contributed by atoms with van der Waals surface area (Å²) in [5, 5.41) is 0. The second kappa shape index (κ2) is 5.20. The quantitative estimate of drug-likeness (QED) is 0.939. The molecule has 22 heavy (non-hydrogen) atoms. The van der Waals surface area contributed by atoms with Crippen molar-refractivity contribution in [1.82, 2.24) is 4.57 Å². The third-order valence-corrected chi connectivity index (χ3v) is 4.54. The van der Waals surface area contributed by atoms with Crippen molar-refractivity contribution in [2.75, 3.05) is 7.11 Å². The Kier molecular flexibility index (Phi) is 3.47. The van der Waals surface area contributed by atoms with Crippen LogP contribution in [0.2, 0.25) is 0 Å². The van der Waals surface area contributed by atoms with E-state index in [-0.39, 0.29) is 5.91 Å². The number of amides is 1. The Labute approximate surface area is 130 Å². The fourth-order valence-corrected chi connectivity index (χ4v) is 3.42. The Bertz CT molecular complexity index is 755. The van der Waals surface area contributed by atoms with Gasteiger partial charge in [0, 0.05) is 23.0 Å². The van der Waals surface area contributed by atoms with E-state index in [9.17, 15) is 4.79 Å². The van der Waals surface area contributed by atoms with Crippen molar-refractivity contribution in [3.8, 4) is 16.9 Å². The number of rotatable bonds is 4. The van der Waals surface area contributed by atoms with Gasteiger partial charge >= 0.3 is 0 Å². The molecule has 1 aliphatic rings. The van der Waals surface area contributed by atoms with Crippen molar-refractivity contribution < 1.29 is 9.53 Å². The normalized spacial score (nSPS) is 14.2. The molecule has 0 aliphatic heterocycles. The molecule has 1 saturated carbocycles. The van der Waals surface area contributed by atoms with Gasteiger partial charge in [-0.25, -0.2) is 0 Å². The highest BCUT2D eigenvalue weighted by Gasteiger charge is 2.31. The van der Waals surface area contributed by atoms with Crippen LogP contribution in [0.5, 0.6) is 5.75 Å². The fraction of sp³-hybridized carbons (Fsp3) is 0.389. The lowest BCUT2D eigenvalue weighted by Gasteiger charge is -2.10. The highest BCUT2D eigenvalue weighted by atomic mass is 16.5. The molecular weight excluding hydrogens is 276 g/mol. The number of primary amides is 1. The average Bonchev–Trinajstić information content (AvgIpc) is 3.24. The van der Waals surface area contributed by atoms with E-state index in [1.54, 1.807) is 7.11 Å². The first-order valence-electron chi connectivity index (χ1n) is 7.62. The summed E-state index contributed by atoms with van der Waals surface area (Å²) in [6.45, 7) is 6.07. The van der Waals surface area contributed by atoms with E-state index in [4.69, 9.17) is 10.5 Å². The van der Waals surface area contributed by atoms with Crippen molar-refractivity contribution in [2.24, 2.45) is 5.73 Å². The van der Waals surface area contributed by atoms with Crippen molar-refractivity contribution in [2.45, 2.75) is 39.7 Å². The van der Waals surface area contributed by atoms with Crippen molar-refractivity contribution in [3.63, 3.8) is 0 Å². The van der Waals surface area contributed by atoms with Gasteiger partial charge in [-0.15, -0.1) is 0 Å². The number of carbonyl (C=O) groups excluding carboxylic acids is 1. The number of aromatic nitrogens is 1. The van der Waals surface area contributed by atoms with E-state index in [1.165, 1.54) is 12.8 Å². The predicted molar refractivity (Wildman–Crippen MR) is 87.4 cm³/mol. The maximum Gasteiger partial charge on any atom is 0.251 e. The molecular formula is C18H22N2O2. The van der Waals surface area contributed by atoms with Gasteiger partial charge in [-0.1, -0.05) is 6.07 Å². The highest BCUT2D eigenvalue weighted by molar-refractivity contribution is 6.02. The summed E-state index contributed by atoms with van der Waals surface area (Å²) in [7, 11) is 1.66. The molecule has 0 unspecified atom stereocenters. The van der Waals surface area contributed by atoms with Crippen LogP contribution in [0.1, 0.15) is 46.2 Å². The first-order valence-corrected chi connectivity index (χ1v) is 7.62. The van der Waals surface area contributed by atoms with Crippen LogP contribution in [0.3, 0.4) is 0 Å². The molecule has 3 rings (SSSR count). The van der Waals surface area contributed by atoms with Gasteiger partial charge in [0.05, 0.1) is 12.7 Å². The highest BCUT2D eigenvalue weighted by Crippen LogP contribution is 2.43. The lowest BCUT2D eigenvalue weighted by atomic mass is 9.98. The van der Waals surface area contributed by atoms with Crippen LogP contribution in [0.15, 0.2) is 18.2 Å². The zero-order chi connectivity index (χ0) is 16.0. The third-order valence-electron chi connectivity index (χ3n) is 4.54. The minimum Gasteiger partial charge on any atom is -0.496 e. The lowest BCUT2D eigenvalue weighted by molar-refractivity contribution is 0.1000. The Morgan fingerprint density at radius 3 is 2.41 bits per heavy atom. The SMILES string of the molecule is COc1ccc(-c2c(C(N)=O)c(C)n(C3CC3)c2C)cc1C. The number of nitrogens with two attached hydrogens (primary N) is 1. The maximum atomic E-state index is 12.0. The van der Waals surface area contributed by atoms with Gasteiger partial charge in [-0.3, -0.25) is 4.79 Å². The second-order valence-corrected chi connectivity index (χ2v) is 6.07. The molecule has 0 bridgehead atoms. The molecule has 1 fully saturated rings. The number of ether oxygens (including phenoxy) is 1. The molecule has 1 aromatic heterocycles. The zero-order valence-corrected chi connectivity index (χ0v) is 13.6. The average molecular weight is 298 g/mol. The van der Waals surface area contributed by atoms with Crippen molar-refractivity contribution in [1.29, 1.82) is 0 Å². The van der Waals surface area contributed by atoms with E-state index in [0.717, 1.165) is 33.8 Å². The molecule has 1 heterocycles. The lowest BCUT2D eigenvalue weighted by Crippen LogP contribution is -2.13. The van der Waals surface area contributed by atoms with E-state index >= 15 is 0 Å². The first-order chi connectivity index (χ1) is 10.5. The Morgan fingerprint density at radius 2 is 1.91 bits per heavy atom. The smallest absolute Gasteiger partial charge is 0.251 e. The monoisotopic (exact) mass is 298 g/mol. The standard InChI is InChI=1S/C18H22N2O2/c1-10-9-13(5-8-15(10)22-4)16-11(2)20(14-6-7-14)12(3)17(16)18(19)21/h5,8-9,14H,6-7H2,1-4H3,(H2,19,21). The van der Waals surface area contributed by atoms with Crippen LogP contribution in [-0.4, -0.2) is 17.6 Å². The summed E-state index contributed by atoms with van der Waals surface area (Å²) in [4.78, 5) is 12.0. The number of hydrogen-bond donors (Lipinski definition) is 1. The summed E-state index contributed by atoms with van der Waals surface area (Å²) in [6, 6.07) is 6.52. The molecule has 1 aliphatic carbocycles. The number of hydrogen-bond acceptors (Lipinski definition) is 2. The van der Waals surface area contributed by atoms with Gasteiger partial charge in [0.2, 0.25) is 0 Å². The largest absolute Gasteiger partial charge is 0.496 e. The molecule has 1 aromatic carbocycles. The maximum absolute atomic E-state index is 12.0. The summed E-state index contributed by atoms with van der Waals surface area (Å²) < 4.78 is 7.60. The van der Waals surface area contributed by atoms with Crippen LogP contribution >= 0.6 is 0 Å².